The van der Waals surface area contributed by atoms with E-state index in [1.165, 1.54) is 0 Å². The van der Waals surface area contributed by atoms with E-state index in [0.29, 0.717) is 20.1 Å². The minimum absolute atomic E-state index is 0.299. The summed E-state index contributed by atoms with van der Waals surface area (Å²) >= 11 is 25.0. The Labute approximate surface area is 150 Å². The van der Waals surface area contributed by atoms with Crippen LogP contribution >= 0.6 is 46.4 Å². The van der Waals surface area contributed by atoms with Gasteiger partial charge in [0.2, 0.25) is 0 Å². The molecule has 0 N–H and O–H groups in total. The van der Waals surface area contributed by atoms with Crippen LogP contribution in [-0.2, 0) is 5.41 Å². The Balaban J connectivity index is 2.30. The summed E-state index contributed by atoms with van der Waals surface area (Å²) in [5.41, 5.74) is 3.28. The van der Waals surface area contributed by atoms with Gasteiger partial charge in [0.15, 0.2) is 0 Å². The molecular weight excluding hydrogens is 360 g/mol. The monoisotopic (exact) mass is 371 g/mol. The Bertz CT molecular complexity index is 795. The first-order valence-corrected chi connectivity index (χ1v) is 8.18. The second-order valence-electron chi connectivity index (χ2n) is 5.79. The Hall–Kier alpha value is -0.860. The SMILES string of the molecule is C=C1N(c2ccc(Cl)cc2Cl)c2c(Cl)cc(Cl)cc2C1(C)C. The molecule has 0 saturated heterocycles. The first kappa shape index (κ1) is 16.0. The Kier molecular flexibility index (Phi) is 3.89. The number of hydrogen-bond donors (Lipinski definition) is 0. The molecule has 0 unspecified atom stereocenters. The highest BCUT2D eigenvalue weighted by Gasteiger charge is 2.41. The maximum absolute atomic E-state index is 6.46. The quantitative estimate of drug-likeness (QED) is 0.509. The van der Waals surface area contributed by atoms with Gasteiger partial charge in [-0.2, -0.15) is 0 Å². The van der Waals surface area contributed by atoms with Crippen molar-refractivity contribution < 1.29 is 0 Å². The zero-order valence-electron chi connectivity index (χ0n) is 12.1. The van der Waals surface area contributed by atoms with Gasteiger partial charge in [0.05, 0.1) is 21.4 Å². The van der Waals surface area contributed by atoms with Crippen molar-refractivity contribution in [3.05, 3.63) is 68.3 Å². The number of rotatable bonds is 1. The molecule has 0 aromatic heterocycles. The van der Waals surface area contributed by atoms with Gasteiger partial charge < -0.3 is 4.90 Å². The fourth-order valence-corrected chi connectivity index (χ4v) is 3.84. The first-order chi connectivity index (χ1) is 10.2. The lowest BCUT2D eigenvalue weighted by atomic mass is 9.84. The smallest absolute Gasteiger partial charge is 0.0687 e. The van der Waals surface area contributed by atoms with Crippen LogP contribution in [0.2, 0.25) is 20.1 Å². The standard InChI is InChI=1S/C17H13Cl4N/c1-9-17(2,3)12-6-11(19)8-14(21)16(12)22(9)15-5-4-10(18)7-13(15)20/h4-8H,1H2,2-3H3. The maximum atomic E-state index is 6.46. The number of anilines is 2. The molecule has 0 saturated carbocycles. The van der Waals surface area contributed by atoms with Crippen LogP contribution in [0.15, 0.2) is 42.6 Å². The molecule has 0 amide bonds. The number of benzene rings is 2. The van der Waals surface area contributed by atoms with Crippen molar-refractivity contribution in [2.75, 3.05) is 4.90 Å². The second kappa shape index (κ2) is 5.35. The molecule has 5 heteroatoms. The summed E-state index contributed by atoms with van der Waals surface area (Å²) in [4.78, 5) is 1.98. The van der Waals surface area contributed by atoms with E-state index >= 15 is 0 Å². The van der Waals surface area contributed by atoms with E-state index in [9.17, 15) is 0 Å². The second-order valence-corrected chi connectivity index (χ2v) is 7.47. The Morgan fingerprint density at radius 3 is 2.18 bits per heavy atom. The molecule has 0 spiro atoms. The molecule has 1 aliphatic heterocycles. The van der Waals surface area contributed by atoms with Crippen LogP contribution in [0, 0.1) is 0 Å². The van der Waals surface area contributed by atoms with E-state index in [1.807, 2.05) is 17.0 Å². The zero-order chi connectivity index (χ0) is 16.2. The molecule has 0 radical (unpaired) electrons. The lowest BCUT2D eigenvalue weighted by Gasteiger charge is -2.26. The highest BCUT2D eigenvalue weighted by Crippen LogP contribution is 2.55. The van der Waals surface area contributed by atoms with Gasteiger partial charge in [-0.15, -0.1) is 0 Å². The van der Waals surface area contributed by atoms with E-state index in [2.05, 4.69) is 20.4 Å². The lowest BCUT2D eigenvalue weighted by molar-refractivity contribution is 0.647. The van der Waals surface area contributed by atoms with Gasteiger partial charge in [-0.25, -0.2) is 0 Å². The molecular formula is C17H13Cl4N. The maximum Gasteiger partial charge on any atom is 0.0687 e. The summed E-state index contributed by atoms with van der Waals surface area (Å²) in [7, 11) is 0. The molecule has 0 fully saturated rings. The fourth-order valence-electron chi connectivity index (χ4n) is 2.77. The predicted octanol–water partition coefficient (Wildman–Crippen LogP) is 7.24. The number of hydrogen-bond acceptors (Lipinski definition) is 1. The summed E-state index contributed by atoms with van der Waals surface area (Å²) in [6, 6.07) is 9.03. The van der Waals surface area contributed by atoms with E-state index in [0.717, 1.165) is 22.6 Å². The summed E-state index contributed by atoms with van der Waals surface area (Å²) < 4.78 is 0. The largest absolute Gasteiger partial charge is 0.311 e. The minimum Gasteiger partial charge on any atom is -0.311 e. The molecule has 0 bridgehead atoms. The van der Waals surface area contributed by atoms with Crippen molar-refractivity contribution >= 4 is 57.8 Å². The predicted molar refractivity (Wildman–Crippen MR) is 97.2 cm³/mol. The lowest BCUT2D eigenvalue weighted by Crippen LogP contribution is -2.21. The van der Waals surface area contributed by atoms with Crippen LogP contribution in [0.1, 0.15) is 19.4 Å². The molecule has 114 valence electrons. The molecule has 22 heavy (non-hydrogen) atoms. The molecule has 1 nitrogen and oxygen atoms in total. The van der Waals surface area contributed by atoms with Crippen molar-refractivity contribution in [3.63, 3.8) is 0 Å². The summed E-state index contributed by atoms with van der Waals surface area (Å²) in [6.07, 6.45) is 0. The van der Waals surface area contributed by atoms with E-state index in [1.54, 1.807) is 18.2 Å². The van der Waals surface area contributed by atoms with Crippen molar-refractivity contribution in [1.29, 1.82) is 0 Å². The average Bonchev–Trinajstić information content (AvgIpc) is 2.60. The third-order valence-electron chi connectivity index (χ3n) is 4.07. The summed E-state index contributed by atoms with van der Waals surface area (Å²) in [6.45, 7) is 8.42. The van der Waals surface area contributed by atoms with Crippen LogP contribution in [0.4, 0.5) is 11.4 Å². The van der Waals surface area contributed by atoms with Crippen molar-refractivity contribution in [3.8, 4) is 0 Å². The van der Waals surface area contributed by atoms with Gasteiger partial charge in [0.25, 0.3) is 0 Å². The van der Waals surface area contributed by atoms with E-state index < -0.39 is 0 Å². The average molecular weight is 373 g/mol. The highest BCUT2D eigenvalue weighted by atomic mass is 35.5. The van der Waals surface area contributed by atoms with Crippen LogP contribution in [-0.4, -0.2) is 0 Å². The Morgan fingerprint density at radius 1 is 0.909 bits per heavy atom. The fraction of sp³-hybridized carbons (Fsp3) is 0.176. The van der Waals surface area contributed by atoms with Crippen LogP contribution < -0.4 is 4.90 Å². The molecule has 2 aromatic carbocycles. The van der Waals surface area contributed by atoms with Crippen molar-refractivity contribution in [2.24, 2.45) is 0 Å². The number of fused-ring (bicyclic) bond motifs is 1. The molecule has 3 rings (SSSR count). The van der Waals surface area contributed by atoms with Crippen molar-refractivity contribution in [1.82, 2.24) is 0 Å². The minimum atomic E-state index is -0.299. The topological polar surface area (TPSA) is 3.24 Å². The van der Waals surface area contributed by atoms with E-state index in [-0.39, 0.29) is 5.41 Å². The van der Waals surface area contributed by atoms with E-state index in [4.69, 9.17) is 46.4 Å². The summed E-state index contributed by atoms with van der Waals surface area (Å²) in [5.74, 6) is 0. The molecule has 0 aliphatic carbocycles. The Morgan fingerprint density at radius 2 is 1.55 bits per heavy atom. The van der Waals surface area contributed by atoms with Gasteiger partial charge in [-0.1, -0.05) is 66.8 Å². The zero-order valence-corrected chi connectivity index (χ0v) is 15.1. The normalized spacial score (nSPS) is 16.1. The van der Waals surface area contributed by atoms with Gasteiger partial charge in [-0.05, 0) is 35.9 Å². The number of halogens is 4. The number of nitrogens with zero attached hydrogens (tertiary/aromatic N) is 1. The summed E-state index contributed by atoms with van der Waals surface area (Å²) in [5, 5.41) is 2.30. The van der Waals surface area contributed by atoms with Gasteiger partial charge in [0.1, 0.15) is 0 Å². The first-order valence-electron chi connectivity index (χ1n) is 6.67. The molecule has 1 aliphatic rings. The highest BCUT2D eigenvalue weighted by molar-refractivity contribution is 6.38. The molecule has 2 aromatic rings. The van der Waals surface area contributed by atoms with Gasteiger partial charge in [0, 0.05) is 21.2 Å². The van der Waals surface area contributed by atoms with Crippen LogP contribution in [0.3, 0.4) is 0 Å². The molecule has 0 atom stereocenters. The van der Waals surface area contributed by atoms with Gasteiger partial charge in [-0.3, -0.25) is 0 Å². The molecule has 1 heterocycles. The third-order valence-corrected chi connectivity index (χ3v) is 5.11. The number of allylic oxidation sites excluding steroid dienone is 1. The third kappa shape index (κ3) is 2.32. The van der Waals surface area contributed by atoms with Crippen LogP contribution in [0.5, 0.6) is 0 Å². The van der Waals surface area contributed by atoms with Crippen LogP contribution in [0.25, 0.3) is 0 Å². The van der Waals surface area contributed by atoms with Crippen molar-refractivity contribution in [2.45, 2.75) is 19.3 Å². The van der Waals surface area contributed by atoms with Gasteiger partial charge >= 0.3 is 0 Å².